The van der Waals surface area contributed by atoms with Gasteiger partial charge >= 0.3 is 5.97 Å². The summed E-state index contributed by atoms with van der Waals surface area (Å²) >= 11 is 1.92. The van der Waals surface area contributed by atoms with Crippen molar-refractivity contribution >= 4 is 23.4 Å². The second kappa shape index (κ2) is 5.65. The van der Waals surface area contributed by atoms with E-state index >= 15 is 0 Å². The molecule has 0 aromatic heterocycles. The van der Waals surface area contributed by atoms with E-state index in [4.69, 9.17) is 5.11 Å². The minimum Gasteiger partial charge on any atom is -0.481 e. The molecule has 0 spiro atoms. The molecule has 0 fully saturated rings. The zero-order valence-corrected chi connectivity index (χ0v) is 11.7. The molecule has 3 nitrogen and oxygen atoms in total. The molecule has 1 aromatic rings. The summed E-state index contributed by atoms with van der Waals surface area (Å²) in [6, 6.07) is 6.46. The fourth-order valence-electron chi connectivity index (χ4n) is 2.18. The molecule has 1 heterocycles. The number of thioether (sulfide) groups is 1. The van der Waals surface area contributed by atoms with Gasteiger partial charge < -0.3 is 10.0 Å². The SMILES string of the molecule is CC(CN(C)c1ccc2c(c1)CCCS2)C(=O)O. The van der Waals surface area contributed by atoms with Crippen molar-refractivity contribution in [3.63, 3.8) is 0 Å². The molecule has 1 N–H and O–H groups in total. The lowest BCUT2D eigenvalue weighted by Gasteiger charge is -2.24. The molecule has 18 heavy (non-hydrogen) atoms. The van der Waals surface area contributed by atoms with Crippen LogP contribution in [-0.2, 0) is 11.2 Å². The zero-order valence-electron chi connectivity index (χ0n) is 10.8. The quantitative estimate of drug-likeness (QED) is 0.909. The first kappa shape index (κ1) is 13.3. The number of carboxylic acid groups (broad SMARTS) is 1. The Balaban J connectivity index is 2.11. The Bertz CT molecular complexity index is 447. The van der Waals surface area contributed by atoms with Gasteiger partial charge in [0.15, 0.2) is 0 Å². The van der Waals surface area contributed by atoms with Crippen LogP contribution in [-0.4, -0.2) is 30.4 Å². The highest BCUT2D eigenvalue weighted by atomic mass is 32.2. The van der Waals surface area contributed by atoms with Crippen LogP contribution in [0, 0.1) is 5.92 Å². The smallest absolute Gasteiger partial charge is 0.308 e. The largest absolute Gasteiger partial charge is 0.481 e. The Morgan fingerprint density at radius 3 is 3.06 bits per heavy atom. The lowest BCUT2D eigenvalue weighted by atomic mass is 10.1. The summed E-state index contributed by atoms with van der Waals surface area (Å²) < 4.78 is 0. The van der Waals surface area contributed by atoms with Crippen molar-refractivity contribution in [2.45, 2.75) is 24.7 Å². The third kappa shape index (κ3) is 2.99. The summed E-state index contributed by atoms with van der Waals surface area (Å²) in [7, 11) is 1.96. The monoisotopic (exact) mass is 265 g/mol. The molecule has 0 aliphatic carbocycles. The maximum absolute atomic E-state index is 10.9. The topological polar surface area (TPSA) is 40.5 Å². The number of aliphatic carboxylic acids is 1. The van der Waals surface area contributed by atoms with Gasteiger partial charge in [-0.15, -0.1) is 11.8 Å². The highest BCUT2D eigenvalue weighted by molar-refractivity contribution is 7.99. The zero-order chi connectivity index (χ0) is 13.1. The summed E-state index contributed by atoms with van der Waals surface area (Å²) in [6.07, 6.45) is 2.37. The highest BCUT2D eigenvalue weighted by Crippen LogP contribution is 2.32. The van der Waals surface area contributed by atoms with Gasteiger partial charge in [-0.3, -0.25) is 4.79 Å². The lowest BCUT2D eigenvalue weighted by molar-refractivity contribution is -0.140. The summed E-state index contributed by atoms with van der Waals surface area (Å²) in [4.78, 5) is 14.3. The van der Waals surface area contributed by atoms with E-state index in [2.05, 4.69) is 18.2 Å². The maximum atomic E-state index is 10.9. The predicted octanol–water partition coefficient (Wildman–Crippen LogP) is 2.88. The summed E-state index contributed by atoms with van der Waals surface area (Å²) in [5.74, 6) is 0.119. The summed E-state index contributed by atoms with van der Waals surface area (Å²) in [5.41, 5.74) is 2.52. The molecule has 1 aromatic carbocycles. The number of fused-ring (bicyclic) bond motifs is 1. The molecule has 0 radical (unpaired) electrons. The molecule has 98 valence electrons. The average molecular weight is 265 g/mol. The third-order valence-corrected chi connectivity index (χ3v) is 4.50. The molecule has 4 heteroatoms. The van der Waals surface area contributed by atoms with Crippen molar-refractivity contribution in [3.8, 4) is 0 Å². The van der Waals surface area contributed by atoms with Crippen molar-refractivity contribution < 1.29 is 9.90 Å². The van der Waals surface area contributed by atoms with Crippen LogP contribution >= 0.6 is 11.8 Å². The van der Waals surface area contributed by atoms with E-state index in [9.17, 15) is 4.79 Å². The second-order valence-electron chi connectivity index (χ2n) is 4.86. The Morgan fingerprint density at radius 2 is 2.33 bits per heavy atom. The predicted molar refractivity (Wildman–Crippen MR) is 75.6 cm³/mol. The number of benzene rings is 1. The van der Waals surface area contributed by atoms with Gasteiger partial charge in [0.25, 0.3) is 0 Å². The van der Waals surface area contributed by atoms with E-state index < -0.39 is 5.97 Å². The van der Waals surface area contributed by atoms with Crippen LogP contribution in [0.15, 0.2) is 23.1 Å². The van der Waals surface area contributed by atoms with Crippen LogP contribution < -0.4 is 4.90 Å². The van der Waals surface area contributed by atoms with Gasteiger partial charge in [-0.25, -0.2) is 0 Å². The van der Waals surface area contributed by atoms with Crippen molar-refractivity contribution in [3.05, 3.63) is 23.8 Å². The van der Waals surface area contributed by atoms with Crippen molar-refractivity contribution in [1.29, 1.82) is 0 Å². The first-order valence-electron chi connectivity index (χ1n) is 6.27. The van der Waals surface area contributed by atoms with Gasteiger partial charge in [0.1, 0.15) is 0 Å². The second-order valence-corrected chi connectivity index (χ2v) is 6.00. The number of anilines is 1. The van der Waals surface area contributed by atoms with E-state index in [0.29, 0.717) is 6.54 Å². The average Bonchev–Trinajstić information content (AvgIpc) is 2.37. The van der Waals surface area contributed by atoms with Crippen molar-refractivity contribution in [1.82, 2.24) is 0 Å². The van der Waals surface area contributed by atoms with Crippen LogP contribution in [0.2, 0.25) is 0 Å². The van der Waals surface area contributed by atoms with Gasteiger partial charge in [-0.1, -0.05) is 6.92 Å². The first-order valence-corrected chi connectivity index (χ1v) is 7.26. The molecule has 0 saturated carbocycles. The third-order valence-electron chi connectivity index (χ3n) is 3.30. The normalized spacial score (nSPS) is 15.9. The minimum atomic E-state index is -0.740. The van der Waals surface area contributed by atoms with Crippen LogP contribution in [0.3, 0.4) is 0 Å². The number of carboxylic acids is 1. The maximum Gasteiger partial charge on any atom is 0.308 e. The molecule has 0 bridgehead atoms. The van der Waals surface area contributed by atoms with Crippen LogP contribution in [0.1, 0.15) is 18.9 Å². The van der Waals surface area contributed by atoms with Crippen LogP contribution in [0.5, 0.6) is 0 Å². The summed E-state index contributed by atoms with van der Waals surface area (Å²) in [5, 5.41) is 8.94. The first-order chi connectivity index (χ1) is 8.58. The fourth-order valence-corrected chi connectivity index (χ4v) is 3.20. The van der Waals surface area contributed by atoms with Gasteiger partial charge in [0, 0.05) is 24.2 Å². The Morgan fingerprint density at radius 1 is 1.56 bits per heavy atom. The fraction of sp³-hybridized carbons (Fsp3) is 0.500. The highest BCUT2D eigenvalue weighted by Gasteiger charge is 2.16. The molecule has 0 saturated heterocycles. The van der Waals surface area contributed by atoms with E-state index in [1.165, 1.54) is 22.6 Å². The van der Waals surface area contributed by atoms with E-state index in [1.807, 2.05) is 23.7 Å². The molecular weight excluding hydrogens is 246 g/mol. The Labute approximate surface area is 112 Å². The number of hydrogen-bond donors (Lipinski definition) is 1. The number of carbonyl (C=O) groups is 1. The number of nitrogens with zero attached hydrogens (tertiary/aromatic N) is 1. The molecule has 2 rings (SSSR count). The van der Waals surface area contributed by atoms with Crippen molar-refractivity contribution in [2.75, 3.05) is 24.2 Å². The molecule has 1 atom stereocenters. The van der Waals surface area contributed by atoms with Crippen molar-refractivity contribution in [2.24, 2.45) is 5.92 Å². The molecular formula is C14H19NO2S. The molecule has 1 aliphatic rings. The lowest BCUT2D eigenvalue weighted by Crippen LogP contribution is -2.28. The van der Waals surface area contributed by atoms with Crippen LogP contribution in [0.4, 0.5) is 5.69 Å². The van der Waals surface area contributed by atoms with E-state index in [1.54, 1.807) is 6.92 Å². The van der Waals surface area contributed by atoms with Gasteiger partial charge in [-0.05, 0) is 42.4 Å². The number of hydrogen-bond acceptors (Lipinski definition) is 3. The molecule has 0 amide bonds. The number of rotatable bonds is 4. The molecule has 1 unspecified atom stereocenters. The van der Waals surface area contributed by atoms with E-state index in [-0.39, 0.29) is 5.92 Å². The standard InChI is InChI=1S/C14H19NO2S/c1-10(14(16)17)9-15(2)12-5-6-13-11(8-12)4-3-7-18-13/h5-6,8,10H,3-4,7,9H2,1-2H3,(H,16,17). The van der Waals surface area contributed by atoms with E-state index in [0.717, 1.165) is 12.1 Å². The Kier molecular flexibility index (Phi) is 4.17. The molecule has 1 aliphatic heterocycles. The Hall–Kier alpha value is -1.16. The van der Waals surface area contributed by atoms with Gasteiger partial charge in [0.05, 0.1) is 5.92 Å². The number of aryl methyl sites for hydroxylation is 1. The van der Waals surface area contributed by atoms with Gasteiger partial charge in [0.2, 0.25) is 0 Å². The summed E-state index contributed by atoms with van der Waals surface area (Å²) in [6.45, 7) is 2.29. The van der Waals surface area contributed by atoms with Gasteiger partial charge in [-0.2, -0.15) is 0 Å². The van der Waals surface area contributed by atoms with Crippen LogP contribution in [0.25, 0.3) is 0 Å². The minimum absolute atomic E-state index is 0.347.